The molecular formula is C25H20FNO5. The SMILES string of the molecule is COc1ccc(/C(O)=C2/C(=O)C(=O)N(c3cccc(F)c3)C2c2cccc(O)c2)c(C)c1. The number of halogens is 1. The Labute approximate surface area is 183 Å². The second kappa shape index (κ2) is 8.19. The Morgan fingerprint density at radius 3 is 2.44 bits per heavy atom. The van der Waals surface area contributed by atoms with Crippen molar-refractivity contribution in [2.75, 3.05) is 12.0 Å². The van der Waals surface area contributed by atoms with E-state index in [0.717, 1.165) is 11.0 Å². The highest BCUT2D eigenvalue weighted by atomic mass is 19.1. The third kappa shape index (κ3) is 3.58. The largest absolute Gasteiger partial charge is 0.508 e. The number of nitrogens with zero attached hydrogens (tertiary/aromatic N) is 1. The number of carbonyl (C=O) groups excluding carboxylic acids is 2. The minimum absolute atomic E-state index is 0.0760. The lowest BCUT2D eigenvalue weighted by Gasteiger charge is -2.25. The fourth-order valence-corrected chi connectivity index (χ4v) is 3.91. The molecule has 0 aliphatic carbocycles. The number of hydrogen-bond acceptors (Lipinski definition) is 5. The molecule has 1 atom stereocenters. The van der Waals surface area contributed by atoms with Crippen LogP contribution in [0.4, 0.5) is 10.1 Å². The van der Waals surface area contributed by atoms with E-state index in [1.807, 2.05) is 0 Å². The standard InChI is InChI=1S/C25H20FNO5/c1-14-11-19(32-2)9-10-20(14)23(29)21-22(15-5-3-8-18(28)12-15)27(25(31)24(21)30)17-7-4-6-16(26)13-17/h3-13,22,28-29H,1-2H3/b23-21-. The summed E-state index contributed by atoms with van der Waals surface area (Å²) < 4.78 is 19.1. The molecule has 6 nitrogen and oxygen atoms in total. The van der Waals surface area contributed by atoms with Crippen molar-refractivity contribution >= 4 is 23.1 Å². The van der Waals surface area contributed by atoms with Gasteiger partial charge in [0.1, 0.15) is 23.1 Å². The summed E-state index contributed by atoms with van der Waals surface area (Å²) in [5.74, 6) is -2.26. The van der Waals surface area contributed by atoms with Crippen LogP contribution in [0.5, 0.6) is 11.5 Å². The Balaban J connectivity index is 1.97. The predicted octanol–water partition coefficient (Wildman–Crippen LogP) is 4.47. The second-order valence-electron chi connectivity index (χ2n) is 7.42. The van der Waals surface area contributed by atoms with Gasteiger partial charge in [0.25, 0.3) is 11.7 Å². The number of carbonyl (C=O) groups is 2. The van der Waals surface area contributed by atoms with Crippen molar-refractivity contribution in [3.63, 3.8) is 0 Å². The normalized spacial score (nSPS) is 17.6. The monoisotopic (exact) mass is 433 g/mol. The molecule has 1 aliphatic heterocycles. The van der Waals surface area contributed by atoms with Crippen molar-refractivity contribution in [3.05, 3.63) is 94.8 Å². The number of aryl methyl sites for hydroxylation is 1. The van der Waals surface area contributed by atoms with Crippen LogP contribution >= 0.6 is 0 Å². The fraction of sp³-hybridized carbons (Fsp3) is 0.120. The van der Waals surface area contributed by atoms with Crippen molar-refractivity contribution in [3.8, 4) is 11.5 Å². The van der Waals surface area contributed by atoms with E-state index in [1.54, 1.807) is 37.3 Å². The first-order valence-corrected chi connectivity index (χ1v) is 9.82. The molecule has 1 fully saturated rings. The summed E-state index contributed by atoms with van der Waals surface area (Å²) in [5.41, 5.74) is 1.38. The van der Waals surface area contributed by atoms with Crippen LogP contribution in [0.3, 0.4) is 0 Å². The summed E-state index contributed by atoms with van der Waals surface area (Å²) in [4.78, 5) is 27.3. The zero-order valence-corrected chi connectivity index (χ0v) is 17.4. The molecule has 1 heterocycles. The maximum absolute atomic E-state index is 13.9. The van der Waals surface area contributed by atoms with Crippen molar-refractivity contribution in [2.45, 2.75) is 13.0 Å². The maximum Gasteiger partial charge on any atom is 0.300 e. The molecule has 3 aromatic carbocycles. The molecule has 0 radical (unpaired) electrons. The van der Waals surface area contributed by atoms with E-state index < -0.39 is 23.5 Å². The number of rotatable bonds is 4. The van der Waals surface area contributed by atoms with E-state index in [9.17, 15) is 24.2 Å². The minimum Gasteiger partial charge on any atom is -0.508 e. The molecule has 1 unspecified atom stereocenters. The molecule has 162 valence electrons. The molecule has 32 heavy (non-hydrogen) atoms. The number of anilines is 1. The van der Waals surface area contributed by atoms with Gasteiger partial charge in [-0.05, 0) is 66.6 Å². The molecule has 1 amide bonds. The van der Waals surface area contributed by atoms with E-state index in [0.29, 0.717) is 22.4 Å². The molecule has 0 aromatic heterocycles. The highest BCUT2D eigenvalue weighted by Gasteiger charge is 2.47. The Kier molecular flexibility index (Phi) is 5.40. The number of methoxy groups -OCH3 is 1. The number of ketones is 1. The van der Waals surface area contributed by atoms with Crippen molar-refractivity contribution < 1.29 is 28.9 Å². The summed E-state index contributed by atoms with van der Waals surface area (Å²) in [7, 11) is 1.51. The molecule has 1 saturated heterocycles. The Morgan fingerprint density at radius 2 is 1.78 bits per heavy atom. The van der Waals surface area contributed by atoms with Gasteiger partial charge in [-0.2, -0.15) is 0 Å². The number of ether oxygens (including phenoxy) is 1. The number of hydrogen-bond donors (Lipinski definition) is 2. The van der Waals surface area contributed by atoms with E-state index in [4.69, 9.17) is 4.74 Å². The predicted molar refractivity (Wildman–Crippen MR) is 117 cm³/mol. The van der Waals surface area contributed by atoms with Gasteiger partial charge in [-0.1, -0.05) is 18.2 Å². The van der Waals surface area contributed by atoms with Crippen LogP contribution in [0.25, 0.3) is 5.76 Å². The van der Waals surface area contributed by atoms with Gasteiger partial charge in [0.05, 0.1) is 18.7 Å². The molecule has 2 N–H and O–H groups in total. The van der Waals surface area contributed by atoms with Crippen molar-refractivity contribution in [1.29, 1.82) is 0 Å². The molecule has 7 heteroatoms. The fourth-order valence-electron chi connectivity index (χ4n) is 3.91. The number of aromatic hydroxyl groups is 1. The van der Waals surface area contributed by atoms with Crippen LogP contribution in [0.1, 0.15) is 22.7 Å². The van der Waals surface area contributed by atoms with E-state index >= 15 is 0 Å². The third-order valence-electron chi connectivity index (χ3n) is 5.41. The average Bonchev–Trinajstić information content (AvgIpc) is 3.04. The summed E-state index contributed by atoms with van der Waals surface area (Å²) in [5, 5.41) is 21.2. The first kappa shape index (κ1) is 21.1. The molecule has 0 saturated carbocycles. The zero-order valence-electron chi connectivity index (χ0n) is 17.4. The van der Waals surface area contributed by atoms with Gasteiger partial charge in [-0.25, -0.2) is 4.39 Å². The van der Waals surface area contributed by atoms with Crippen LogP contribution in [-0.2, 0) is 9.59 Å². The summed E-state index contributed by atoms with van der Waals surface area (Å²) in [6.07, 6.45) is 0. The third-order valence-corrected chi connectivity index (χ3v) is 5.41. The number of aliphatic hydroxyl groups excluding tert-OH is 1. The molecule has 1 aliphatic rings. The van der Waals surface area contributed by atoms with Crippen molar-refractivity contribution in [1.82, 2.24) is 0 Å². The number of Topliss-reactive ketones (excluding diaryl/α,β-unsaturated/α-hetero) is 1. The molecule has 3 aromatic rings. The van der Waals surface area contributed by atoms with Gasteiger partial charge >= 0.3 is 0 Å². The first-order chi connectivity index (χ1) is 15.3. The van der Waals surface area contributed by atoms with Crippen LogP contribution in [-0.4, -0.2) is 29.0 Å². The lowest BCUT2D eigenvalue weighted by Crippen LogP contribution is -2.29. The highest BCUT2D eigenvalue weighted by molar-refractivity contribution is 6.51. The number of aliphatic hydroxyl groups is 1. The quantitative estimate of drug-likeness (QED) is 0.360. The Morgan fingerprint density at radius 1 is 1.03 bits per heavy atom. The van der Waals surface area contributed by atoms with Gasteiger partial charge in [0.15, 0.2) is 0 Å². The van der Waals surface area contributed by atoms with Gasteiger partial charge in [-0.3, -0.25) is 14.5 Å². The first-order valence-electron chi connectivity index (χ1n) is 9.82. The Bertz CT molecular complexity index is 1270. The average molecular weight is 433 g/mol. The highest BCUT2D eigenvalue weighted by Crippen LogP contribution is 2.43. The molecular weight excluding hydrogens is 413 g/mol. The number of amides is 1. The van der Waals surface area contributed by atoms with E-state index in [1.165, 1.54) is 37.4 Å². The zero-order chi connectivity index (χ0) is 23.0. The van der Waals surface area contributed by atoms with Gasteiger partial charge in [0, 0.05) is 11.3 Å². The number of phenols is 1. The summed E-state index contributed by atoms with van der Waals surface area (Å²) >= 11 is 0. The van der Waals surface area contributed by atoms with Crippen molar-refractivity contribution in [2.24, 2.45) is 0 Å². The maximum atomic E-state index is 13.9. The lowest BCUT2D eigenvalue weighted by molar-refractivity contribution is -0.132. The molecule has 0 bridgehead atoms. The van der Waals surface area contributed by atoms with Gasteiger partial charge in [0.2, 0.25) is 0 Å². The van der Waals surface area contributed by atoms with E-state index in [2.05, 4.69) is 0 Å². The van der Waals surface area contributed by atoms with Crippen LogP contribution in [0, 0.1) is 12.7 Å². The van der Waals surface area contributed by atoms with Crippen LogP contribution in [0.15, 0.2) is 72.3 Å². The topological polar surface area (TPSA) is 87.1 Å². The minimum atomic E-state index is -1.06. The van der Waals surface area contributed by atoms with E-state index in [-0.39, 0.29) is 22.8 Å². The van der Waals surface area contributed by atoms with Crippen LogP contribution in [0.2, 0.25) is 0 Å². The Hall–Kier alpha value is -4.13. The van der Waals surface area contributed by atoms with Gasteiger partial charge in [-0.15, -0.1) is 0 Å². The smallest absolute Gasteiger partial charge is 0.300 e. The number of benzene rings is 3. The number of phenolic OH excluding ortho intramolecular Hbond substituents is 1. The van der Waals surface area contributed by atoms with Gasteiger partial charge < -0.3 is 14.9 Å². The van der Waals surface area contributed by atoms with Crippen LogP contribution < -0.4 is 9.64 Å². The molecule has 0 spiro atoms. The second-order valence-corrected chi connectivity index (χ2v) is 7.42. The summed E-state index contributed by atoms with van der Waals surface area (Å²) in [6.45, 7) is 1.74. The molecule has 4 rings (SSSR count). The summed E-state index contributed by atoms with van der Waals surface area (Å²) in [6, 6.07) is 15.2. The lowest BCUT2D eigenvalue weighted by atomic mass is 9.93.